The van der Waals surface area contributed by atoms with Crippen molar-refractivity contribution in [2.24, 2.45) is 4.99 Å². The van der Waals surface area contributed by atoms with Crippen molar-refractivity contribution in [3.63, 3.8) is 0 Å². The number of nitrogens with zero attached hydrogens (tertiary/aromatic N) is 2. The van der Waals surface area contributed by atoms with Crippen molar-refractivity contribution < 1.29 is 9.15 Å². The summed E-state index contributed by atoms with van der Waals surface area (Å²) in [6.07, 6.45) is 11.2. The molecule has 1 aliphatic carbocycles. The average molecular weight is 377 g/mol. The molecule has 1 aliphatic heterocycles. The topological polar surface area (TPSA) is 62.0 Å². The van der Waals surface area contributed by atoms with Gasteiger partial charge in [0.1, 0.15) is 5.76 Å². The van der Waals surface area contributed by atoms with E-state index >= 15 is 0 Å². The lowest BCUT2D eigenvalue weighted by atomic mass is 10.1. The van der Waals surface area contributed by atoms with Crippen LogP contribution in [0.1, 0.15) is 50.7 Å². The molecule has 0 aromatic carbocycles. The summed E-state index contributed by atoms with van der Waals surface area (Å²) >= 11 is 0. The molecule has 0 bridgehead atoms. The zero-order chi connectivity index (χ0) is 18.7. The average Bonchev–Trinajstić information content (AvgIpc) is 3.37. The Morgan fingerprint density at radius 1 is 1.19 bits per heavy atom. The van der Waals surface area contributed by atoms with Crippen molar-refractivity contribution >= 4 is 5.96 Å². The molecule has 152 valence electrons. The highest BCUT2D eigenvalue weighted by Gasteiger charge is 2.22. The fourth-order valence-electron chi connectivity index (χ4n) is 4.06. The third-order valence-electron chi connectivity index (χ3n) is 5.66. The molecular weight excluding hydrogens is 340 g/mol. The molecule has 1 saturated carbocycles. The van der Waals surface area contributed by atoms with Crippen LogP contribution in [0.3, 0.4) is 0 Å². The number of ether oxygens (including phenoxy) is 1. The van der Waals surface area contributed by atoms with E-state index in [1.165, 1.54) is 38.5 Å². The number of furan rings is 1. The van der Waals surface area contributed by atoms with Gasteiger partial charge in [0.05, 0.1) is 6.26 Å². The van der Waals surface area contributed by atoms with E-state index in [0.29, 0.717) is 12.1 Å². The van der Waals surface area contributed by atoms with Gasteiger partial charge >= 0.3 is 0 Å². The minimum absolute atomic E-state index is 0.514. The number of guanidine groups is 1. The van der Waals surface area contributed by atoms with Crippen LogP contribution in [0.15, 0.2) is 27.8 Å². The molecule has 2 N–H and O–H groups in total. The van der Waals surface area contributed by atoms with Gasteiger partial charge in [-0.05, 0) is 44.2 Å². The zero-order valence-corrected chi connectivity index (χ0v) is 16.8. The molecule has 0 atom stereocenters. The van der Waals surface area contributed by atoms with E-state index in [2.05, 4.69) is 15.5 Å². The van der Waals surface area contributed by atoms with Crippen LogP contribution in [0, 0.1) is 0 Å². The molecule has 2 fully saturated rings. The largest absolute Gasteiger partial charge is 0.469 e. The molecule has 6 heteroatoms. The molecule has 27 heavy (non-hydrogen) atoms. The van der Waals surface area contributed by atoms with Gasteiger partial charge in [-0.15, -0.1) is 0 Å². The summed E-state index contributed by atoms with van der Waals surface area (Å²) in [5.74, 6) is 2.00. The third-order valence-corrected chi connectivity index (χ3v) is 5.66. The number of likely N-dealkylation sites (tertiary alicyclic amines) is 1. The van der Waals surface area contributed by atoms with Crippen molar-refractivity contribution in [3.8, 4) is 0 Å². The second-order valence-corrected chi connectivity index (χ2v) is 7.79. The van der Waals surface area contributed by atoms with Crippen LogP contribution in [-0.2, 0) is 11.2 Å². The Morgan fingerprint density at radius 2 is 1.93 bits per heavy atom. The zero-order valence-electron chi connectivity index (χ0n) is 16.8. The number of nitrogens with one attached hydrogen (secondary N) is 2. The normalized spacial score (nSPS) is 20.3. The summed E-state index contributed by atoms with van der Waals surface area (Å²) < 4.78 is 10.6. The van der Waals surface area contributed by atoms with Gasteiger partial charge in [0.25, 0.3) is 0 Å². The van der Waals surface area contributed by atoms with Crippen molar-refractivity contribution in [1.82, 2.24) is 15.5 Å². The van der Waals surface area contributed by atoms with Gasteiger partial charge in [-0.3, -0.25) is 4.99 Å². The van der Waals surface area contributed by atoms with E-state index in [0.717, 1.165) is 57.3 Å². The van der Waals surface area contributed by atoms with Gasteiger partial charge in [-0.2, -0.15) is 0 Å². The molecule has 1 saturated heterocycles. The van der Waals surface area contributed by atoms with E-state index in [9.17, 15) is 0 Å². The predicted octanol–water partition coefficient (Wildman–Crippen LogP) is 2.80. The summed E-state index contributed by atoms with van der Waals surface area (Å²) in [6.45, 7) is 5.07. The maximum absolute atomic E-state index is 5.43. The Bertz CT molecular complexity index is 532. The Labute approximate surface area is 163 Å². The molecule has 6 nitrogen and oxygen atoms in total. The molecule has 0 unspecified atom stereocenters. The summed E-state index contributed by atoms with van der Waals surface area (Å²) in [4.78, 5) is 7.39. The monoisotopic (exact) mass is 376 g/mol. The number of aliphatic imine (C=N–C) groups is 1. The van der Waals surface area contributed by atoms with Crippen molar-refractivity contribution in [3.05, 3.63) is 24.2 Å². The molecule has 2 aliphatic rings. The first-order valence-electron chi connectivity index (χ1n) is 10.6. The van der Waals surface area contributed by atoms with Gasteiger partial charge in [-0.25, -0.2) is 0 Å². The maximum Gasteiger partial charge on any atom is 0.191 e. The van der Waals surface area contributed by atoms with E-state index < -0.39 is 0 Å². The second-order valence-electron chi connectivity index (χ2n) is 7.79. The molecule has 2 heterocycles. The fourth-order valence-corrected chi connectivity index (χ4v) is 4.06. The first-order valence-corrected chi connectivity index (χ1v) is 10.6. The second kappa shape index (κ2) is 11.3. The van der Waals surface area contributed by atoms with Crippen LogP contribution in [0.4, 0.5) is 0 Å². The van der Waals surface area contributed by atoms with Crippen LogP contribution < -0.4 is 10.6 Å². The van der Waals surface area contributed by atoms with Gasteiger partial charge in [-0.1, -0.05) is 12.8 Å². The van der Waals surface area contributed by atoms with Crippen molar-refractivity contribution in [1.29, 1.82) is 0 Å². The Kier molecular flexibility index (Phi) is 8.49. The molecule has 3 rings (SSSR count). The summed E-state index contributed by atoms with van der Waals surface area (Å²) in [5.41, 5.74) is 0. The fraction of sp³-hybridized carbons (Fsp3) is 0.762. The van der Waals surface area contributed by atoms with Gasteiger partial charge in [0.2, 0.25) is 0 Å². The van der Waals surface area contributed by atoms with Crippen LogP contribution >= 0.6 is 0 Å². The minimum Gasteiger partial charge on any atom is -0.469 e. The summed E-state index contributed by atoms with van der Waals surface area (Å²) in [5, 5.41) is 7.38. The highest BCUT2D eigenvalue weighted by molar-refractivity contribution is 5.80. The minimum atomic E-state index is 0.514. The predicted molar refractivity (Wildman–Crippen MR) is 109 cm³/mol. The standard InChI is InChI=1S/C21H36N4O2/c1-26-16-5-13-25-14-10-19(11-15-25)24-21(23-18-6-2-3-7-18)22-12-9-20-8-4-17-27-20/h4,8,17-19H,2-3,5-7,9-16H2,1H3,(H2,22,23,24). The number of methoxy groups -OCH3 is 1. The first-order chi connectivity index (χ1) is 13.3. The first kappa shape index (κ1) is 20.2. The van der Waals surface area contributed by atoms with E-state index in [1.807, 2.05) is 12.1 Å². The molecule has 0 spiro atoms. The number of piperidine rings is 1. The van der Waals surface area contributed by atoms with Crippen molar-refractivity contribution in [2.45, 2.75) is 63.5 Å². The Hall–Kier alpha value is -1.53. The number of hydrogen-bond acceptors (Lipinski definition) is 4. The van der Waals surface area contributed by atoms with Crippen LogP contribution in [-0.4, -0.2) is 62.8 Å². The molecular formula is C21H36N4O2. The van der Waals surface area contributed by atoms with Crippen LogP contribution in [0.25, 0.3) is 0 Å². The quantitative estimate of drug-likeness (QED) is 0.394. The molecule has 0 amide bonds. The molecule has 1 aromatic heterocycles. The lowest BCUT2D eigenvalue weighted by Gasteiger charge is -2.33. The van der Waals surface area contributed by atoms with Crippen molar-refractivity contribution in [2.75, 3.05) is 39.9 Å². The van der Waals surface area contributed by atoms with Gasteiger partial charge in [0.15, 0.2) is 5.96 Å². The lowest BCUT2D eigenvalue weighted by molar-refractivity contribution is 0.155. The molecule has 1 aromatic rings. The third kappa shape index (κ3) is 7.18. The highest BCUT2D eigenvalue weighted by Crippen LogP contribution is 2.18. The van der Waals surface area contributed by atoms with Crippen LogP contribution in [0.2, 0.25) is 0 Å². The van der Waals surface area contributed by atoms with E-state index in [-0.39, 0.29) is 0 Å². The van der Waals surface area contributed by atoms with Gasteiger partial charge in [0, 0.05) is 58.4 Å². The summed E-state index contributed by atoms with van der Waals surface area (Å²) in [7, 11) is 1.78. The SMILES string of the molecule is COCCCN1CCC(NC(=NCCc2ccco2)NC2CCCC2)CC1. The highest BCUT2D eigenvalue weighted by atomic mass is 16.5. The van der Waals surface area contributed by atoms with Crippen LogP contribution in [0.5, 0.6) is 0 Å². The maximum atomic E-state index is 5.43. The van der Waals surface area contributed by atoms with E-state index in [1.54, 1.807) is 13.4 Å². The smallest absolute Gasteiger partial charge is 0.191 e. The number of hydrogen-bond donors (Lipinski definition) is 2. The number of rotatable bonds is 9. The Morgan fingerprint density at radius 3 is 2.59 bits per heavy atom. The lowest BCUT2D eigenvalue weighted by Crippen LogP contribution is -2.50. The summed E-state index contributed by atoms with van der Waals surface area (Å²) in [6, 6.07) is 5.05. The van der Waals surface area contributed by atoms with E-state index in [4.69, 9.17) is 14.1 Å². The molecule has 0 radical (unpaired) electrons. The van der Waals surface area contributed by atoms with Gasteiger partial charge < -0.3 is 24.7 Å². The Balaban J connectivity index is 1.45.